The average molecular weight is 252 g/mol. The van der Waals surface area contributed by atoms with Crippen LogP contribution < -0.4 is 10.6 Å². The summed E-state index contributed by atoms with van der Waals surface area (Å²) in [6.07, 6.45) is 0.973. The van der Waals surface area contributed by atoms with Gasteiger partial charge >= 0.3 is 5.69 Å². The maximum Gasteiger partial charge on any atom is 0.311 e. The van der Waals surface area contributed by atoms with Gasteiger partial charge in [0.05, 0.1) is 4.92 Å². The van der Waals surface area contributed by atoms with E-state index >= 15 is 0 Å². The summed E-state index contributed by atoms with van der Waals surface area (Å²) in [6.45, 7) is 8.64. The Balaban J connectivity index is 3.03. The van der Waals surface area contributed by atoms with Crippen LogP contribution in [0.1, 0.15) is 34.1 Å². The summed E-state index contributed by atoms with van der Waals surface area (Å²) in [4.78, 5) is 14.8. The van der Waals surface area contributed by atoms with Crippen LogP contribution in [0.15, 0.2) is 12.1 Å². The number of nitro groups is 1. The van der Waals surface area contributed by atoms with Crippen molar-refractivity contribution in [1.29, 1.82) is 0 Å². The summed E-state index contributed by atoms with van der Waals surface area (Å²) in [5.41, 5.74) is -0.284. The Kier molecular flexibility index (Phi) is 4.47. The molecule has 100 valence electrons. The van der Waals surface area contributed by atoms with Gasteiger partial charge in [0.2, 0.25) is 5.82 Å². The zero-order valence-corrected chi connectivity index (χ0v) is 11.3. The number of nitrogens with one attached hydrogen (secondary N) is 2. The summed E-state index contributed by atoms with van der Waals surface area (Å²) in [7, 11) is 0. The minimum atomic E-state index is -0.426. The van der Waals surface area contributed by atoms with Crippen LogP contribution in [0.3, 0.4) is 0 Å². The van der Waals surface area contributed by atoms with Gasteiger partial charge in [0, 0.05) is 18.2 Å². The molecule has 6 heteroatoms. The second kappa shape index (κ2) is 5.66. The second-order valence-corrected chi connectivity index (χ2v) is 5.12. The van der Waals surface area contributed by atoms with Crippen LogP contribution in [0.2, 0.25) is 0 Å². The van der Waals surface area contributed by atoms with Crippen molar-refractivity contribution in [2.45, 2.75) is 39.7 Å². The summed E-state index contributed by atoms with van der Waals surface area (Å²) < 4.78 is 0. The van der Waals surface area contributed by atoms with Gasteiger partial charge in [-0.05, 0) is 33.3 Å². The lowest BCUT2D eigenvalue weighted by Gasteiger charge is -2.21. The first kappa shape index (κ1) is 14.2. The molecule has 18 heavy (non-hydrogen) atoms. The number of hydrogen-bond donors (Lipinski definition) is 2. The molecule has 1 rings (SSSR count). The number of aromatic nitrogens is 1. The minimum Gasteiger partial charge on any atom is -0.370 e. The van der Waals surface area contributed by atoms with Gasteiger partial charge < -0.3 is 10.6 Å². The highest BCUT2D eigenvalue weighted by Gasteiger charge is 2.20. The van der Waals surface area contributed by atoms with E-state index in [4.69, 9.17) is 0 Å². The third kappa shape index (κ3) is 4.20. The maximum atomic E-state index is 10.9. The van der Waals surface area contributed by atoms with Gasteiger partial charge in [0.15, 0.2) is 0 Å². The Labute approximate surface area is 107 Å². The van der Waals surface area contributed by atoms with Crippen molar-refractivity contribution >= 4 is 17.3 Å². The normalized spacial score (nSPS) is 11.1. The van der Waals surface area contributed by atoms with Crippen molar-refractivity contribution in [3.63, 3.8) is 0 Å². The predicted molar refractivity (Wildman–Crippen MR) is 73.0 cm³/mol. The molecule has 0 radical (unpaired) electrons. The van der Waals surface area contributed by atoms with E-state index in [2.05, 4.69) is 15.6 Å². The van der Waals surface area contributed by atoms with E-state index in [0.717, 1.165) is 13.0 Å². The van der Waals surface area contributed by atoms with Crippen molar-refractivity contribution in [2.24, 2.45) is 0 Å². The van der Waals surface area contributed by atoms with Gasteiger partial charge in [-0.3, -0.25) is 10.1 Å². The Bertz CT molecular complexity index is 427. The SMILES string of the molecule is CCCNc1ccc([N+](=O)[O-])c(NC(C)(C)C)n1. The molecule has 0 atom stereocenters. The first-order valence-corrected chi connectivity index (χ1v) is 6.01. The zero-order chi connectivity index (χ0) is 13.8. The highest BCUT2D eigenvalue weighted by molar-refractivity contribution is 5.61. The first-order valence-electron chi connectivity index (χ1n) is 6.01. The molecule has 0 aliphatic heterocycles. The van der Waals surface area contributed by atoms with E-state index in [0.29, 0.717) is 11.6 Å². The van der Waals surface area contributed by atoms with Crippen LogP contribution in [0.5, 0.6) is 0 Å². The smallest absolute Gasteiger partial charge is 0.311 e. The Morgan fingerprint density at radius 2 is 2.06 bits per heavy atom. The summed E-state index contributed by atoms with van der Waals surface area (Å²) in [5.74, 6) is 0.947. The van der Waals surface area contributed by atoms with Crippen molar-refractivity contribution in [3.8, 4) is 0 Å². The molecule has 0 fully saturated rings. The van der Waals surface area contributed by atoms with Crippen LogP contribution in [-0.2, 0) is 0 Å². The molecule has 6 nitrogen and oxygen atoms in total. The molecule has 0 amide bonds. The van der Waals surface area contributed by atoms with Gasteiger partial charge in [-0.25, -0.2) is 4.98 Å². The third-order valence-corrected chi connectivity index (χ3v) is 2.12. The lowest BCUT2D eigenvalue weighted by Crippen LogP contribution is -2.27. The molecule has 0 saturated heterocycles. The van der Waals surface area contributed by atoms with E-state index in [1.54, 1.807) is 6.07 Å². The summed E-state index contributed by atoms with van der Waals surface area (Å²) in [5, 5.41) is 17.1. The highest BCUT2D eigenvalue weighted by atomic mass is 16.6. The standard InChI is InChI=1S/C12H20N4O2/c1-5-8-13-10-7-6-9(16(17)18)11(14-10)15-12(2,3)4/h6-7H,5,8H2,1-4H3,(H2,13,14,15). The fraction of sp³-hybridized carbons (Fsp3) is 0.583. The Morgan fingerprint density at radius 1 is 1.39 bits per heavy atom. The van der Waals surface area contributed by atoms with Crippen molar-refractivity contribution in [3.05, 3.63) is 22.2 Å². The van der Waals surface area contributed by atoms with Gasteiger partial charge in [0.25, 0.3) is 0 Å². The molecule has 1 aromatic heterocycles. The lowest BCUT2D eigenvalue weighted by molar-refractivity contribution is -0.384. The molecule has 1 heterocycles. The number of pyridine rings is 1. The van der Waals surface area contributed by atoms with Crippen LogP contribution in [-0.4, -0.2) is 22.0 Å². The fourth-order valence-corrected chi connectivity index (χ4v) is 1.40. The fourth-order valence-electron chi connectivity index (χ4n) is 1.40. The van der Waals surface area contributed by atoms with Crippen LogP contribution in [0, 0.1) is 10.1 Å². The van der Waals surface area contributed by atoms with E-state index in [1.165, 1.54) is 6.07 Å². The van der Waals surface area contributed by atoms with Crippen molar-refractivity contribution in [2.75, 3.05) is 17.2 Å². The number of anilines is 2. The van der Waals surface area contributed by atoms with Crippen molar-refractivity contribution in [1.82, 2.24) is 4.98 Å². The van der Waals surface area contributed by atoms with Crippen molar-refractivity contribution < 1.29 is 4.92 Å². The average Bonchev–Trinajstić information content (AvgIpc) is 2.23. The molecule has 0 bridgehead atoms. The maximum absolute atomic E-state index is 10.9. The zero-order valence-electron chi connectivity index (χ0n) is 11.3. The summed E-state index contributed by atoms with van der Waals surface area (Å²) in [6, 6.07) is 3.10. The third-order valence-electron chi connectivity index (χ3n) is 2.12. The lowest BCUT2D eigenvalue weighted by atomic mass is 10.1. The molecule has 2 N–H and O–H groups in total. The Hall–Kier alpha value is -1.85. The molecule has 0 spiro atoms. The van der Waals surface area contributed by atoms with Crippen LogP contribution in [0.25, 0.3) is 0 Å². The predicted octanol–water partition coefficient (Wildman–Crippen LogP) is 3.02. The van der Waals surface area contributed by atoms with Crippen LogP contribution in [0.4, 0.5) is 17.3 Å². The molecular weight excluding hydrogens is 232 g/mol. The van der Waals surface area contributed by atoms with E-state index in [-0.39, 0.29) is 11.2 Å². The highest BCUT2D eigenvalue weighted by Crippen LogP contribution is 2.26. The first-order chi connectivity index (χ1) is 8.33. The number of hydrogen-bond acceptors (Lipinski definition) is 5. The quantitative estimate of drug-likeness (QED) is 0.622. The molecule has 0 saturated carbocycles. The number of rotatable bonds is 5. The van der Waals surface area contributed by atoms with Gasteiger partial charge in [-0.2, -0.15) is 0 Å². The van der Waals surface area contributed by atoms with E-state index in [1.807, 2.05) is 27.7 Å². The number of nitrogens with zero attached hydrogens (tertiary/aromatic N) is 2. The molecule has 0 aromatic carbocycles. The molecule has 0 unspecified atom stereocenters. The van der Waals surface area contributed by atoms with E-state index in [9.17, 15) is 10.1 Å². The largest absolute Gasteiger partial charge is 0.370 e. The summed E-state index contributed by atoms with van der Waals surface area (Å²) >= 11 is 0. The second-order valence-electron chi connectivity index (χ2n) is 5.12. The van der Waals surface area contributed by atoms with Crippen LogP contribution >= 0.6 is 0 Å². The van der Waals surface area contributed by atoms with Gasteiger partial charge in [-0.1, -0.05) is 6.92 Å². The topological polar surface area (TPSA) is 80.1 Å². The monoisotopic (exact) mass is 252 g/mol. The minimum absolute atomic E-state index is 0.00743. The van der Waals surface area contributed by atoms with Gasteiger partial charge in [0.1, 0.15) is 5.82 Å². The van der Waals surface area contributed by atoms with Gasteiger partial charge in [-0.15, -0.1) is 0 Å². The Morgan fingerprint density at radius 3 is 2.56 bits per heavy atom. The molecule has 0 aliphatic carbocycles. The molecular formula is C12H20N4O2. The van der Waals surface area contributed by atoms with E-state index < -0.39 is 4.92 Å². The molecule has 1 aromatic rings. The molecule has 0 aliphatic rings.